The van der Waals surface area contributed by atoms with Gasteiger partial charge in [-0.3, -0.25) is 0 Å². The van der Waals surface area contributed by atoms with Gasteiger partial charge in [-0.05, 0) is 71.0 Å². The summed E-state index contributed by atoms with van der Waals surface area (Å²) in [5, 5.41) is 0. The number of benzene rings is 2. The topological polar surface area (TPSA) is 3.24 Å². The lowest BCUT2D eigenvalue weighted by Crippen LogP contribution is -2.49. The van der Waals surface area contributed by atoms with E-state index in [4.69, 9.17) is 0 Å². The molecule has 0 bridgehead atoms. The largest absolute Gasteiger partial charge is 0.393 e. The molecule has 1 aliphatic rings. The summed E-state index contributed by atoms with van der Waals surface area (Å²) >= 11 is 0. The van der Waals surface area contributed by atoms with E-state index in [9.17, 15) is 0 Å². The summed E-state index contributed by atoms with van der Waals surface area (Å²) in [4.78, 5) is 0. The summed E-state index contributed by atoms with van der Waals surface area (Å²) in [6, 6.07) is 12.2. The van der Waals surface area contributed by atoms with Gasteiger partial charge >= 0.3 is 0 Å². The third-order valence-corrected chi connectivity index (χ3v) is 7.89. The third kappa shape index (κ3) is 4.19. The minimum Gasteiger partial charge on any atom is -0.393 e. The zero-order valence-corrected chi connectivity index (χ0v) is 21.5. The van der Waals surface area contributed by atoms with E-state index in [-0.39, 0.29) is 16.4 Å². The molecule has 0 fully saturated rings. The molecule has 0 atom stereocenters. The smallest absolute Gasteiger partial charge is 0.163 e. The predicted octanol–water partition coefficient (Wildman–Crippen LogP) is 7.71. The van der Waals surface area contributed by atoms with Crippen molar-refractivity contribution in [1.29, 1.82) is 0 Å². The van der Waals surface area contributed by atoms with Crippen molar-refractivity contribution in [2.45, 2.75) is 98.2 Å². The molecule has 0 N–H and O–H groups in total. The van der Waals surface area contributed by atoms with E-state index < -0.39 is 8.96 Å². The number of fused-ring (bicyclic) bond motifs is 3. The lowest BCUT2D eigenvalue weighted by atomic mass is 9.83. The number of rotatable bonds is 2. The molecule has 0 aliphatic heterocycles. The Kier molecular flexibility index (Phi) is 5.35. The van der Waals surface area contributed by atoms with Crippen molar-refractivity contribution in [2.24, 2.45) is 0 Å². The van der Waals surface area contributed by atoms with Gasteiger partial charge in [0, 0.05) is 17.6 Å². The van der Waals surface area contributed by atoms with Crippen LogP contribution in [-0.2, 0) is 17.3 Å². The van der Waals surface area contributed by atoms with Crippen LogP contribution in [0, 0.1) is 0 Å². The maximum atomic E-state index is 2.72. The van der Waals surface area contributed by atoms with Crippen LogP contribution in [-0.4, -0.2) is 14.5 Å². The Hall–Kier alpha value is -1.54. The summed E-state index contributed by atoms with van der Waals surface area (Å²) in [7, 11) is -0.649. The van der Waals surface area contributed by atoms with E-state index in [1.54, 1.807) is 0 Å². The molecule has 157 valence electrons. The summed E-state index contributed by atoms with van der Waals surface area (Å²) in [6.45, 7) is 25.9. The highest BCUT2D eigenvalue weighted by atomic mass is 28.3. The van der Waals surface area contributed by atoms with Crippen LogP contribution in [0.1, 0.15) is 84.6 Å². The highest BCUT2D eigenvalue weighted by molar-refractivity contribution is 6.60. The van der Waals surface area contributed by atoms with Crippen LogP contribution in [0.5, 0.6) is 0 Å². The van der Waals surface area contributed by atoms with Crippen molar-refractivity contribution in [2.75, 3.05) is 4.57 Å². The summed E-state index contributed by atoms with van der Waals surface area (Å²) in [5.74, 6) is 0. The minimum absolute atomic E-state index is 0.118. The van der Waals surface area contributed by atoms with Crippen LogP contribution >= 0.6 is 0 Å². The highest BCUT2D eigenvalue weighted by Crippen LogP contribution is 2.46. The fraction of sp³-hybridized carbons (Fsp3) is 0.556. The maximum Gasteiger partial charge on any atom is 0.163 e. The van der Waals surface area contributed by atoms with Crippen LogP contribution in [0.4, 0.5) is 5.69 Å². The van der Waals surface area contributed by atoms with Gasteiger partial charge in [-0.15, -0.1) is 0 Å². The van der Waals surface area contributed by atoms with Crippen molar-refractivity contribution < 1.29 is 0 Å². The van der Waals surface area contributed by atoms with Crippen molar-refractivity contribution in [3.63, 3.8) is 0 Å². The molecule has 2 aromatic rings. The van der Waals surface area contributed by atoms with E-state index in [0.29, 0.717) is 0 Å². The molecule has 0 spiro atoms. The van der Waals surface area contributed by atoms with Crippen molar-refractivity contribution in [1.82, 2.24) is 0 Å². The van der Waals surface area contributed by atoms with Gasteiger partial charge in [-0.2, -0.15) is 0 Å². The zero-order chi connectivity index (χ0) is 21.9. The Morgan fingerprint density at radius 2 is 1.28 bits per heavy atom. The molecule has 1 nitrogen and oxygen atoms in total. The van der Waals surface area contributed by atoms with Crippen molar-refractivity contribution in [3.8, 4) is 11.1 Å². The molecule has 1 aliphatic carbocycles. The molecule has 0 heterocycles. The minimum atomic E-state index is -0.649. The first kappa shape index (κ1) is 22.1. The van der Waals surface area contributed by atoms with Gasteiger partial charge in [-0.1, -0.05) is 78.9 Å². The second kappa shape index (κ2) is 7.01. The molecule has 3 rings (SSSR count). The number of anilines is 1. The number of hydrogen-bond acceptors (Lipinski definition) is 1. The quantitative estimate of drug-likeness (QED) is 0.394. The van der Waals surface area contributed by atoms with E-state index >= 15 is 0 Å². The Labute approximate surface area is 181 Å². The van der Waals surface area contributed by atoms with Gasteiger partial charge in [0.15, 0.2) is 8.96 Å². The van der Waals surface area contributed by atoms with Crippen molar-refractivity contribution in [3.05, 3.63) is 52.6 Å². The molecular weight excluding hydrogens is 366 g/mol. The molecule has 0 amide bonds. The van der Waals surface area contributed by atoms with E-state index in [1.165, 1.54) is 39.1 Å². The average molecular weight is 407 g/mol. The lowest BCUT2D eigenvalue weighted by Gasteiger charge is -2.42. The first-order valence-electron chi connectivity index (χ1n) is 11.0. The Morgan fingerprint density at radius 1 is 0.724 bits per heavy atom. The summed E-state index contributed by atoms with van der Waals surface area (Å²) in [5.41, 5.74) is 10.7. The van der Waals surface area contributed by atoms with Crippen LogP contribution < -0.4 is 4.57 Å². The predicted molar refractivity (Wildman–Crippen MR) is 132 cm³/mol. The van der Waals surface area contributed by atoms with E-state index in [0.717, 1.165) is 6.42 Å². The molecule has 2 aromatic carbocycles. The molecule has 0 unspecified atom stereocenters. The Bertz CT molecular complexity index is 917. The molecule has 29 heavy (non-hydrogen) atoms. The normalized spacial score (nSPS) is 14.2. The van der Waals surface area contributed by atoms with Crippen LogP contribution in [0.2, 0.25) is 13.1 Å². The highest BCUT2D eigenvalue weighted by Gasteiger charge is 2.33. The average Bonchev–Trinajstić information content (AvgIpc) is 2.89. The van der Waals surface area contributed by atoms with Gasteiger partial charge in [0.05, 0.1) is 0 Å². The number of nitrogens with zero attached hydrogens (tertiary/aromatic N) is 1. The van der Waals surface area contributed by atoms with Crippen molar-refractivity contribution >= 4 is 14.6 Å². The van der Waals surface area contributed by atoms with Gasteiger partial charge in [0.1, 0.15) is 0 Å². The summed E-state index contributed by atoms with van der Waals surface area (Å²) in [6.07, 6.45) is 1.05. The zero-order valence-electron chi connectivity index (χ0n) is 20.5. The molecule has 0 aromatic heterocycles. The maximum absolute atomic E-state index is 2.72. The monoisotopic (exact) mass is 406 g/mol. The molecular formula is C27H40NSi. The Balaban J connectivity index is 2.31. The third-order valence-electron chi connectivity index (χ3n) is 6.08. The number of hydrogen-bond donors (Lipinski definition) is 0. The lowest BCUT2D eigenvalue weighted by molar-refractivity contribution is 0.570. The van der Waals surface area contributed by atoms with E-state index in [2.05, 4.69) is 110 Å². The first-order chi connectivity index (χ1) is 13.1. The van der Waals surface area contributed by atoms with E-state index in [1.807, 2.05) is 0 Å². The second-order valence-corrected chi connectivity index (χ2v) is 14.4. The molecule has 2 heteroatoms. The van der Waals surface area contributed by atoms with Crippen LogP contribution in [0.3, 0.4) is 0 Å². The SMILES string of the molecule is C[Si](C)N(c1cc(C(C)(C)C)cc2c1Cc1ccc(C(C)(C)C)cc1-2)C(C)(C)C. The standard InChI is InChI=1S/C27H40NSi/c1-25(2,3)19-13-12-18-14-23-22(21(18)15-19)16-20(26(4,5)6)17-24(23)28(29(10)11)27(7,8)9/h12-13,15-17H,14H2,1-11H3. The first-order valence-corrected chi connectivity index (χ1v) is 13.5. The van der Waals surface area contributed by atoms with Gasteiger partial charge in [0.25, 0.3) is 0 Å². The summed E-state index contributed by atoms with van der Waals surface area (Å²) < 4.78 is 2.72. The van der Waals surface area contributed by atoms with Gasteiger partial charge < -0.3 is 4.57 Å². The molecule has 1 radical (unpaired) electrons. The van der Waals surface area contributed by atoms with Crippen LogP contribution in [0.15, 0.2) is 30.3 Å². The fourth-order valence-corrected chi connectivity index (χ4v) is 6.65. The fourth-order valence-electron chi connectivity index (χ4n) is 4.63. The molecule has 0 saturated heterocycles. The van der Waals surface area contributed by atoms with Gasteiger partial charge in [0.2, 0.25) is 0 Å². The van der Waals surface area contributed by atoms with Crippen LogP contribution in [0.25, 0.3) is 11.1 Å². The van der Waals surface area contributed by atoms with Gasteiger partial charge in [-0.25, -0.2) is 0 Å². The molecule has 0 saturated carbocycles. The second-order valence-electron chi connectivity index (χ2n) is 12.0. The Morgan fingerprint density at radius 3 is 1.76 bits per heavy atom.